The first kappa shape index (κ1) is 16.5. The van der Waals surface area contributed by atoms with Gasteiger partial charge in [-0.1, -0.05) is 0 Å². The van der Waals surface area contributed by atoms with Crippen molar-refractivity contribution < 1.29 is 17.6 Å². The maximum absolute atomic E-state index is 13.0. The fraction of sp³-hybridized carbons (Fsp3) is 0.714. The molecular formula is C14H24N2O4S. The Balaban J connectivity index is 2.43. The van der Waals surface area contributed by atoms with E-state index in [1.54, 1.807) is 20.9 Å². The summed E-state index contributed by atoms with van der Waals surface area (Å²) in [6.07, 6.45) is 0.615. The van der Waals surface area contributed by atoms with E-state index in [4.69, 9.17) is 9.15 Å². The molecule has 7 heteroatoms. The predicted octanol–water partition coefficient (Wildman–Crippen LogP) is 1.42. The van der Waals surface area contributed by atoms with Crippen molar-refractivity contribution in [3.05, 3.63) is 17.1 Å². The van der Waals surface area contributed by atoms with E-state index < -0.39 is 10.0 Å². The molecule has 0 amide bonds. The van der Waals surface area contributed by atoms with E-state index in [0.717, 1.165) is 0 Å². The smallest absolute Gasteiger partial charge is 0.246 e. The Morgan fingerprint density at radius 2 is 2.05 bits per heavy atom. The number of nitrogens with one attached hydrogen (secondary N) is 1. The minimum Gasteiger partial charge on any atom is -0.465 e. The summed E-state index contributed by atoms with van der Waals surface area (Å²) in [5.41, 5.74) is 0.716. The fourth-order valence-electron chi connectivity index (χ4n) is 2.73. The highest BCUT2D eigenvalue weighted by Gasteiger charge is 2.33. The highest BCUT2D eigenvalue weighted by Crippen LogP contribution is 2.30. The lowest BCUT2D eigenvalue weighted by atomic mass is 10.2. The normalized spacial score (nSPS) is 21.4. The number of sulfonamides is 1. The van der Waals surface area contributed by atoms with Gasteiger partial charge in [-0.2, -0.15) is 4.31 Å². The number of nitrogens with zero attached hydrogens (tertiary/aromatic N) is 1. The maximum atomic E-state index is 13.0. The molecule has 120 valence electrons. The molecule has 1 aromatic heterocycles. The van der Waals surface area contributed by atoms with Crippen molar-refractivity contribution in [2.45, 2.75) is 44.7 Å². The van der Waals surface area contributed by atoms with Gasteiger partial charge in [0.25, 0.3) is 0 Å². The first-order valence-electron chi connectivity index (χ1n) is 7.23. The molecule has 1 fully saturated rings. The van der Waals surface area contributed by atoms with Crippen molar-refractivity contribution in [3.8, 4) is 0 Å². The molecule has 1 aliphatic rings. The molecule has 0 saturated carbocycles. The lowest BCUT2D eigenvalue weighted by Gasteiger charge is -2.22. The van der Waals surface area contributed by atoms with E-state index in [-0.39, 0.29) is 6.10 Å². The second-order valence-electron chi connectivity index (χ2n) is 5.45. The number of hydrogen-bond donors (Lipinski definition) is 1. The molecule has 1 unspecified atom stereocenters. The van der Waals surface area contributed by atoms with Gasteiger partial charge >= 0.3 is 0 Å². The van der Waals surface area contributed by atoms with E-state index in [9.17, 15) is 8.42 Å². The summed E-state index contributed by atoms with van der Waals surface area (Å²) >= 11 is 0. The molecule has 0 aliphatic carbocycles. The zero-order valence-electron chi connectivity index (χ0n) is 13.1. The van der Waals surface area contributed by atoms with Crippen LogP contribution in [-0.2, 0) is 21.3 Å². The van der Waals surface area contributed by atoms with Gasteiger partial charge in [-0.15, -0.1) is 0 Å². The van der Waals surface area contributed by atoms with Crippen LogP contribution in [0.4, 0.5) is 0 Å². The van der Waals surface area contributed by atoms with Crippen LogP contribution in [-0.4, -0.2) is 45.6 Å². The van der Waals surface area contributed by atoms with Gasteiger partial charge in [0.1, 0.15) is 16.4 Å². The molecule has 1 saturated heterocycles. The van der Waals surface area contributed by atoms with Crippen LogP contribution >= 0.6 is 0 Å². The average Bonchev–Trinajstić information content (AvgIpc) is 2.58. The van der Waals surface area contributed by atoms with Gasteiger partial charge in [0.15, 0.2) is 0 Å². The topological polar surface area (TPSA) is 71.8 Å². The molecular weight excluding hydrogens is 292 g/mol. The fourth-order valence-corrected chi connectivity index (χ4v) is 4.70. The van der Waals surface area contributed by atoms with Crippen molar-refractivity contribution in [3.63, 3.8) is 0 Å². The molecule has 2 heterocycles. The van der Waals surface area contributed by atoms with Crippen molar-refractivity contribution in [1.82, 2.24) is 9.62 Å². The molecule has 0 aromatic carbocycles. The summed E-state index contributed by atoms with van der Waals surface area (Å²) in [4.78, 5) is 0.309. The van der Waals surface area contributed by atoms with Gasteiger partial charge < -0.3 is 14.5 Å². The standard InChI is InChI=1S/C14H24N2O4S/c1-10-9-16(6-5-7-19-10)21(17,18)14-12(3)20-11(2)13(14)8-15-4/h10,15H,5-9H2,1-4H3. The maximum Gasteiger partial charge on any atom is 0.246 e. The van der Waals surface area contributed by atoms with Crippen LogP contribution in [0.5, 0.6) is 0 Å². The molecule has 21 heavy (non-hydrogen) atoms. The van der Waals surface area contributed by atoms with Gasteiger partial charge in [-0.05, 0) is 34.2 Å². The van der Waals surface area contributed by atoms with E-state index >= 15 is 0 Å². The molecule has 2 rings (SSSR count). The van der Waals surface area contributed by atoms with Crippen molar-refractivity contribution in [2.24, 2.45) is 0 Å². The summed E-state index contributed by atoms with van der Waals surface area (Å²) in [6, 6.07) is 0. The lowest BCUT2D eigenvalue weighted by molar-refractivity contribution is 0.0752. The van der Waals surface area contributed by atoms with Crippen LogP contribution in [0.15, 0.2) is 9.31 Å². The zero-order valence-corrected chi connectivity index (χ0v) is 13.9. The SMILES string of the molecule is CNCc1c(C)oc(C)c1S(=O)(=O)N1CCCOC(C)C1. The Bertz CT molecular complexity index is 594. The first-order valence-corrected chi connectivity index (χ1v) is 8.67. The average molecular weight is 316 g/mol. The minimum atomic E-state index is -3.56. The number of ether oxygens (including phenoxy) is 1. The summed E-state index contributed by atoms with van der Waals surface area (Å²) < 4.78 is 38.6. The number of furan rings is 1. The molecule has 1 N–H and O–H groups in total. The van der Waals surface area contributed by atoms with Crippen LogP contribution in [0.3, 0.4) is 0 Å². The number of hydrogen-bond acceptors (Lipinski definition) is 5. The van der Waals surface area contributed by atoms with Gasteiger partial charge in [0.05, 0.1) is 6.10 Å². The largest absolute Gasteiger partial charge is 0.465 e. The van der Waals surface area contributed by atoms with Crippen molar-refractivity contribution in [2.75, 3.05) is 26.7 Å². The van der Waals surface area contributed by atoms with Crippen LogP contribution in [0.1, 0.15) is 30.4 Å². The van der Waals surface area contributed by atoms with Gasteiger partial charge in [-0.3, -0.25) is 0 Å². The Hall–Kier alpha value is -0.890. The number of rotatable bonds is 4. The Morgan fingerprint density at radius 3 is 2.71 bits per heavy atom. The van der Waals surface area contributed by atoms with Crippen LogP contribution in [0, 0.1) is 13.8 Å². The molecule has 0 radical (unpaired) electrons. The zero-order chi connectivity index (χ0) is 15.6. The van der Waals surface area contributed by atoms with E-state index in [1.165, 1.54) is 4.31 Å². The quantitative estimate of drug-likeness (QED) is 0.909. The Morgan fingerprint density at radius 1 is 1.33 bits per heavy atom. The monoisotopic (exact) mass is 316 g/mol. The Labute approximate surface area is 126 Å². The molecule has 0 bridgehead atoms. The Kier molecular flexibility index (Phi) is 5.08. The molecule has 1 aliphatic heterocycles. The van der Waals surface area contributed by atoms with E-state index in [2.05, 4.69) is 5.32 Å². The third-order valence-corrected chi connectivity index (χ3v) is 5.75. The molecule has 1 atom stereocenters. The number of aryl methyl sites for hydroxylation is 2. The predicted molar refractivity (Wildman–Crippen MR) is 79.7 cm³/mol. The van der Waals surface area contributed by atoms with Crippen LogP contribution in [0.25, 0.3) is 0 Å². The van der Waals surface area contributed by atoms with Gasteiger partial charge in [0.2, 0.25) is 10.0 Å². The third-order valence-electron chi connectivity index (χ3n) is 3.69. The second-order valence-corrected chi connectivity index (χ2v) is 7.33. The summed E-state index contributed by atoms with van der Waals surface area (Å²) in [5, 5.41) is 3.01. The summed E-state index contributed by atoms with van der Waals surface area (Å²) in [5.74, 6) is 1.11. The second kappa shape index (κ2) is 6.48. The van der Waals surface area contributed by atoms with E-state index in [0.29, 0.717) is 54.6 Å². The third kappa shape index (κ3) is 3.31. The van der Waals surface area contributed by atoms with Crippen LogP contribution in [0.2, 0.25) is 0 Å². The highest BCUT2D eigenvalue weighted by molar-refractivity contribution is 7.89. The molecule has 6 nitrogen and oxygen atoms in total. The van der Waals surface area contributed by atoms with Crippen molar-refractivity contribution >= 4 is 10.0 Å². The lowest BCUT2D eigenvalue weighted by Crippen LogP contribution is -2.36. The van der Waals surface area contributed by atoms with E-state index in [1.807, 2.05) is 6.92 Å². The summed E-state index contributed by atoms with van der Waals surface area (Å²) in [7, 11) is -1.77. The molecule has 1 aromatic rings. The van der Waals surface area contributed by atoms with Gasteiger partial charge in [-0.25, -0.2) is 8.42 Å². The molecule has 0 spiro atoms. The van der Waals surface area contributed by atoms with Crippen molar-refractivity contribution in [1.29, 1.82) is 0 Å². The highest BCUT2D eigenvalue weighted by atomic mass is 32.2. The first-order chi connectivity index (χ1) is 9.87. The van der Waals surface area contributed by atoms with Gasteiger partial charge in [0, 0.05) is 31.8 Å². The van der Waals surface area contributed by atoms with Crippen LogP contribution < -0.4 is 5.32 Å². The summed E-state index contributed by atoms with van der Waals surface area (Å²) in [6.45, 7) is 7.33. The minimum absolute atomic E-state index is 0.0941.